The molecule has 0 aromatic heterocycles. The highest BCUT2D eigenvalue weighted by Crippen LogP contribution is 2.26. The van der Waals surface area contributed by atoms with Gasteiger partial charge in [-0.3, -0.25) is 4.79 Å². The highest BCUT2D eigenvalue weighted by atomic mass is 79.9. The van der Waals surface area contributed by atoms with Crippen molar-refractivity contribution in [1.29, 1.82) is 0 Å². The zero-order chi connectivity index (χ0) is 13.1. The van der Waals surface area contributed by atoms with Crippen molar-refractivity contribution in [2.75, 3.05) is 19.0 Å². The maximum Gasteiger partial charge on any atom is 0.255 e. The van der Waals surface area contributed by atoms with Gasteiger partial charge >= 0.3 is 0 Å². The number of alkyl halides is 1. The molecular formula is C13H14Br2ClNO. The van der Waals surface area contributed by atoms with Gasteiger partial charge in [-0.15, -0.1) is 11.6 Å². The van der Waals surface area contributed by atoms with Crippen molar-refractivity contribution in [3.8, 4) is 0 Å². The first-order valence-electron chi connectivity index (χ1n) is 5.92. The molecule has 0 aliphatic carbocycles. The molecule has 1 heterocycles. The van der Waals surface area contributed by atoms with E-state index in [1.165, 1.54) is 0 Å². The monoisotopic (exact) mass is 393 g/mol. The lowest BCUT2D eigenvalue weighted by Gasteiger charge is -2.17. The summed E-state index contributed by atoms with van der Waals surface area (Å²) >= 11 is 12.6. The number of halogens is 3. The standard InChI is InChI=1S/C13H14Br2ClNO/c14-10-1-2-11(12(15)7-10)13(18)17-6-4-9(8-17)3-5-16/h1-2,7,9H,3-6,8H2. The summed E-state index contributed by atoms with van der Waals surface area (Å²) in [7, 11) is 0. The molecule has 0 bridgehead atoms. The third-order valence-electron chi connectivity index (χ3n) is 3.25. The summed E-state index contributed by atoms with van der Waals surface area (Å²) in [6.07, 6.45) is 2.06. The predicted octanol–water partition coefficient (Wildman–Crippen LogP) is 4.30. The Kier molecular flexibility index (Phi) is 5.10. The number of hydrogen-bond acceptors (Lipinski definition) is 1. The number of likely N-dealkylation sites (tertiary alicyclic amines) is 1. The third-order valence-corrected chi connectivity index (χ3v) is 4.62. The topological polar surface area (TPSA) is 20.3 Å². The van der Waals surface area contributed by atoms with Crippen molar-refractivity contribution in [3.05, 3.63) is 32.7 Å². The Morgan fingerprint density at radius 2 is 2.22 bits per heavy atom. The fourth-order valence-electron chi connectivity index (χ4n) is 2.24. The molecule has 1 aliphatic rings. The maximum atomic E-state index is 12.4. The van der Waals surface area contributed by atoms with Crippen molar-refractivity contribution in [3.63, 3.8) is 0 Å². The van der Waals surface area contributed by atoms with E-state index in [4.69, 9.17) is 11.6 Å². The minimum Gasteiger partial charge on any atom is -0.338 e. The smallest absolute Gasteiger partial charge is 0.255 e. The van der Waals surface area contributed by atoms with Crippen molar-refractivity contribution in [2.45, 2.75) is 12.8 Å². The second-order valence-corrected chi connectivity index (χ2v) is 6.66. The van der Waals surface area contributed by atoms with Crippen LogP contribution in [0.1, 0.15) is 23.2 Å². The molecule has 2 nitrogen and oxygen atoms in total. The van der Waals surface area contributed by atoms with Gasteiger partial charge in [0.15, 0.2) is 0 Å². The molecule has 1 atom stereocenters. The summed E-state index contributed by atoms with van der Waals surface area (Å²) in [4.78, 5) is 14.3. The van der Waals surface area contributed by atoms with Gasteiger partial charge in [0.25, 0.3) is 5.91 Å². The summed E-state index contributed by atoms with van der Waals surface area (Å²) in [6, 6.07) is 5.65. The van der Waals surface area contributed by atoms with Gasteiger partial charge in [-0.25, -0.2) is 0 Å². The molecule has 0 N–H and O–H groups in total. The number of carbonyl (C=O) groups is 1. The Morgan fingerprint density at radius 1 is 1.44 bits per heavy atom. The average Bonchev–Trinajstić information content (AvgIpc) is 2.77. The largest absolute Gasteiger partial charge is 0.338 e. The van der Waals surface area contributed by atoms with Crippen molar-refractivity contribution in [2.24, 2.45) is 5.92 Å². The average molecular weight is 396 g/mol. The second kappa shape index (κ2) is 6.40. The first-order valence-corrected chi connectivity index (χ1v) is 8.04. The molecule has 98 valence electrons. The van der Waals surface area contributed by atoms with Crippen LogP contribution in [0.5, 0.6) is 0 Å². The Labute approximate surface area is 129 Å². The molecule has 1 amide bonds. The lowest BCUT2D eigenvalue weighted by atomic mass is 10.1. The summed E-state index contributed by atoms with van der Waals surface area (Å²) in [5.74, 6) is 1.33. The Bertz CT molecular complexity index is 453. The molecule has 1 saturated heterocycles. The highest BCUT2D eigenvalue weighted by molar-refractivity contribution is 9.11. The van der Waals surface area contributed by atoms with Crippen LogP contribution in [0.25, 0.3) is 0 Å². The molecule has 1 unspecified atom stereocenters. The van der Waals surface area contributed by atoms with Gasteiger partial charge in [0.1, 0.15) is 0 Å². The molecule has 2 rings (SSSR count). The van der Waals surface area contributed by atoms with E-state index in [-0.39, 0.29) is 5.91 Å². The van der Waals surface area contributed by atoms with Crippen LogP contribution < -0.4 is 0 Å². The highest BCUT2D eigenvalue weighted by Gasteiger charge is 2.27. The Balaban J connectivity index is 2.08. The zero-order valence-corrected chi connectivity index (χ0v) is 13.8. The number of rotatable bonds is 3. The number of amides is 1. The molecule has 18 heavy (non-hydrogen) atoms. The third kappa shape index (κ3) is 3.28. The number of hydrogen-bond donors (Lipinski definition) is 0. The molecule has 1 fully saturated rings. The van der Waals surface area contributed by atoms with Crippen molar-refractivity contribution >= 4 is 49.4 Å². The summed E-state index contributed by atoms with van der Waals surface area (Å²) in [5.41, 5.74) is 0.727. The molecule has 1 aromatic rings. The van der Waals surface area contributed by atoms with E-state index in [1.807, 2.05) is 23.1 Å². The molecule has 0 radical (unpaired) electrons. The van der Waals surface area contributed by atoms with Gasteiger partial charge in [-0.2, -0.15) is 0 Å². The van der Waals surface area contributed by atoms with E-state index in [9.17, 15) is 4.79 Å². The zero-order valence-electron chi connectivity index (χ0n) is 9.83. The normalized spacial score (nSPS) is 19.3. The van der Waals surface area contributed by atoms with Crippen molar-refractivity contribution < 1.29 is 4.79 Å². The maximum absolute atomic E-state index is 12.4. The fraction of sp³-hybridized carbons (Fsp3) is 0.462. The van der Waals surface area contributed by atoms with Crippen LogP contribution in [0.2, 0.25) is 0 Å². The van der Waals surface area contributed by atoms with Crippen LogP contribution in [0.3, 0.4) is 0 Å². The second-order valence-electron chi connectivity index (χ2n) is 4.51. The van der Waals surface area contributed by atoms with Crippen molar-refractivity contribution in [1.82, 2.24) is 4.90 Å². The lowest BCUT2D eigenvalue weighted by molar-refractivity contribution is 0.0786. The van der Waals surface area contributed by atoms with E-state index in [0.717, 1.165) is 40.4 Å². The molecule has 0 saturated carbocycles. The molecule has 1 aliphatic heterocycles. The van der Waals surface area contributed by atoms with Crippen LogP contribution in [-0.4, -0.2) is 29.8 Å². The van der Waals surface area contributed by atoms with Crippen LogP contribution >= 0.6 is 43.5 Å². The minimum atomic E-state index is 0.103. The summed E-state index contributed by atoms with van der Waals surface area (Å²) < 4.78 is 1.80. The van der Waals surface area contributed by atoms with Crippen LogP contribution in [0, 0.1) is 5.92 Å². The number of nitrogens with zero attached hydrogens (tertiary/aromatic N) is 1. The van der Waals surface area contributed by atoms with Gasteiger partial charge in [-0.05, 0) is 52.9 Å². The molecule has 5 heteroatoms. The Morgan fingerprint density at radius 3 is 2.89 bits per heavy atom. The van der Waals surface area contributed by atoms with Gasteiger partial charge in [-0.1, -0.05) is 15.9 Å². The van der Waals surface area contributed by atoms with E-state index < -0.39 is 0 Å². The van der Waals surface area contributed by atoms with E-state index in [0.29, 0.717) is 11.8 Å². The van der Waals surface area contributed by atoms with Gasteiger partial charge in [0.05, 0.1) is 5.56 Å². The van der Waals surface area contributed by atoms with Crippen LogP contribution in [0.15, 0.2) is 27.1 Å². The quantitative estimate of drug-likeness (QED) is 0.699. The minimum absolute atomic E-state index is 0.103. The fourth-order valence-corrected chi connectivity index (χ4v) is 3.77. The number of carbonyl (C=O) groups excluding carboxylic acids is 1. The molecular weight excluding hydrogens is 381 g/mol. The molecule has 0 spiro atoms. The van der Waals surface area contributed by atoms with Gasteiger partial charge in [0.2, 0.25) is 0 Å². The van der Waals surface area contributed by atoms with E-state index in [2.05, 4.69) is 31.9 Å². The summed E-state index contributed by atoms with van der Waals surface area (Å²) in [6.45, 7) is 1.66. The van der Waals surface area contributed by atoms with Gasteiger partial charge in [0, 0.05) is 27.9 Å². The first kappa shape index (κ1) is 14.4. The van der Waals surface area contributed by atoms with E-state index in [1.54, 1.807) is 0 Å². The Hall–Kier alpha value is -0.0600. The SMILES string of the molecule is O=C(c1ccc(Br)cc1Br)N1CCC(CCCl)C1. The van der Waals surface area contributed by atoms with Gasteiger partial charge < -0.3 is 4.90 Å². The predicted molar refractivity (Wildman–Crippen MR) is 81.2 cm³/mol. The lowest BCUT2D eigenvalue weighted by Crippen LogP contribution is -2.29. The number of benzene rings is 1. The molecule has 1 aromatic carbocycles. The first-order chi connectivity index (χ1) is 8.61. The van der Waals surface area contributed by atoms with E-state index >= 15 is 0 Å². The van der Waals surface area contributed by atoms with Crippen LogP contribution in [-0.2, 0) is 0 Å². The van der Waals surface area contributed by atoms with Crippen LogP contribution in [0.4, 0.5) is 0 Å². The summed E-state index contributed by atoms with van der Waals surface area (Å²) in [5, 5.41) is 0.